The Hall–Kier alpha value is -1.30. The fourth-order valence-corrected chi connectivity index (χ4v) is 1.51. The van der Waals surface area contributed by atoms with E-state index in [9.17, 15) is 14.3 Å². The monoisotopic (exact) mass is 305 g/mol. The molecule has 0 aliphatic rings. The number of carbonyl (C=O) groups is 1. The lowest BCUT2D eigenvalue weighted by molar-refractivity contribution is 0.0635. The number of ether oxygens (including phenoxy) is 1. The third-order valence-corrected chi connectivity index (χ3v) is 2.27. The molecule has 0 heterocycles. The van der Waals surface area contributed by atoms with Crippen LogP contribution in [0.1, 0.15) is 20.8 Å². The van der Waals surface area contributed by atoms with Crippen LogP contribution in [0.25, 0.3) is 0 Å². The SMILES string of the molecule is CC(C)(C)OC(=O)Nc1cc(F)cc(Br)c1O. The van der Waals surface area contributed by atoms with E-state index in [0.29, 0.717) is 0 Å². The Morgan fingerprint density at radius 1 is 1.47 bits per heavy atom. The lowest BCUT2D eigenvalue weighted by Crippen LogP contribution is -2.27. The largest absolute Gasteiger partial charge is 0.505 e. The van der Waals surface area contributed by atoms with Gasteiger partial charge in [-0.2, -0.15) is 0 Å². The van der Waals surface area contributed by atoms with Crippen molar-refractivity contribution in [3.63, 3.8) is 0 Å². The van der Waals surface area contributed by atoms with E-state index < -0.39 is 17.5 Å². The van der Waals surface area contributed by atoms with Gasteiger partial charge in [0.1, 0.15) is 11.4 Å². The maximum absolute atomic E-state index is 13.1. The van der Waals surface area contributed by atoms with Gasteiger partial charge in [0.05, 0.1) is 10.2 Å². The first-order chi connectivity index (χ1) is 7.69. The number of benzene rings is 1. The number of phenolic OH excluding ortho intramolecular Hbond substituents is 1. The average molecular weight is 306 g/mol. The minimum atomic E-state index is -0.759. The number of nitrogens with one attached hydrogen (secondary N) is 1. The molecule has 0 radical (unpaired) electrons. The van der Waals surface area contributed by atoms with Gasteiger partial charge in [0.15, 0.2) is 5.75 Å². The summed E-state index contributed by atoms with van der Waals surface area (Å²) in [7, 11) is 0. The van der Waals surface area contributed by atoms with Gasteiger partial charge in [-0.1, -0.05) is 0 Å². The highest BCUT2D eigenvalue weighted by Gasteiger charge is 2.18. The Morgan fingerprint density at radius 3 is 2.59 bits per heavy atom. The van der Waals surface area contributed by atoms with Gasteiger partial charge < -0.3 is 9.84 Å². The molecule has 0 bridgehead atoms. The zero-order valence-corrected chi connectivity index (χ0v) is 11.3. The average Bonchev–Trinajstić information content (AvgIpc) is 2.10. The molecule has 6 heteroatoms. The molecule has 4 nitrogen and oxygen atoms in total. The van der Waals surface area contributed by atoms with Gasteiger partial charge in [0.2, 0.25) is 0 Å². The molecule has 0 saturated carbocycles. The second kappa shape index (κ2) is 4.91. The van der Waals surface area contributed by atoms with Gasteiger partial charge in [-0.3, -0.25) is 5.32 Å². The lowest BCUT2D eigenvalue weighted by Gasteiger charge is -2.20. The van der Waals surface area contributed by atoms with Crippen LogP contribution in [0.15, 0.2) is 16.6 Å². The van der Waals surface area contributed by atoms with Crippen LogP contribution in [-0.2, 0) is 4.74 Å². The van der Waals surface area contributed by atoms with Gasteiger partial charge in [-0.05, 0) is 42.8 Å². The minimum Gasteiger partial charge on any atom is -0.505 e. The first-order valence-electron chi connectivity index (χ1n) is 4.87. The van der Waals surface area contributed by atoms with Gasteiger partial charge in [0.25, 0.3) is 0 Å². The number of hydrogen-bond acceptors (Lipinski definition) is 3. The van der Waals surface area contributed by atoms with Crippen molar-refractivity contribution >= 4 is 27.7 Å². The van der Waals surface area contributed by atoms with E-state index in [1.165, 1.54) is 0 Å². The number of anilines is 1. The third-order valence-electron chi connectivity index (χ3n) is 1.66. The topological polar surface area (TPSA) is 58.6 Å². The first kappa shape index (κ1) is 13.8. The molecule has 1 rings (SSSR count). The molecule has 94 valence electrons. The Balaban J connectivity index is 2.85. The molecule has 0 aliphatic heterocycles. The molecule has 17 heavy (non-hydrogen) atoms. The molecule has 2 N–H and O–H groups in total. The summed E-state index contributed by atoms with van der Waals surface area (Å²) in [4.78, 5) is 11.4. The molecule has 0 fully saturated rings. The van der Waals surface area contributed by atoms with Crippen LogP contribution < -0.4 is 5.32 Å². The molecule has 1 aromatic rings. The quantitative estimate of drug-likeness (QED) is 0.779. The van der Waals surface area contributed by atoms with Crippen LogP contribution in [-0.4, -0.2) is 16.8 Å². The van der Waals surface area contributed by atoms with E-state index in [4.69, 9.17) is 4.74 Å². The van der Waals surface area contributed by atoms with Crippen molar-refractivity contribution in [2.24, 2.45) is 0 Å². The van der Waals surface area contributed by atoms with Crippen LogP contribution in [0.2, 0.25) is 0 Å². The number of carbonyl (C=O) groups excluding carboxylic acids is 1. The summed E-state index contributed by atoms with van der Waals surface area (Å²) in [5, 5.41) is 11.9. The van der Waals surface area contributed by atoms with Crippen LogP contribution in [0.4, 0.5) is 14.9 Å². The zero-order valence-electron chi connectivity index (χ0n) is 9.67. The summed E-state index contributed by atoms with van der Waals surface area (Å²) < 4.78 is 18.2. The zero-order chi connectivity index (χ0) is 13.2. The van der Waals surface area contributed by atoms with E-state index in [0.717, 1.165) is 12.1 Å². The third kappa shape index (κ3) is 4.22. The summed E-state index contributed by atoms with van der Waals surface area (Å²) in [6.45, 7) is 5.11. The number of hydrogen-bond donors (Lipinski definition) is 2. The minimum absolute atomic E-state index is 0.0499. The second-order valence-corrected chi connectivity index (χ2v) is 5.27. The Morgan fingerprint density at radius 2 is 2.06 bits per heavy atom. The van der Waals surface area contributed by atoms with Crippen molar-refractivity contribution < 1.29 is 19.0 Å². The summed E-state index contributed by atoms with van der Waals surface area (Å²) in [6.07, 6.45) is -0.759. The fraction of sp³-hybridized carbons (Fsp3) is 0.364. The molecule has 0 spiro atoms. The Labute approximate surface area is 107 Å². The summed E-state index contributed by atoms with van der Waals surface area (Å²) in [5.41, 5.74) is -0.712. The van der Waals surface area contributed by atoms with Gasteiger partial charge in [-0.25, -0.2) is 9.18 Å². The molecular formula is C11H13BrFNO3. The predicted octanol–water partition coefficient (Wildman–Crippen LogP) is 3.64. The molecule has 0 aliphatic carbocycles. The van der Waals surface area contributed by atoms with Crippen LogP contribution in [0.5, 0.6) is 5.75 Å². The first-order valence-corrected chi connectivity index (χ1v) is 5.66. The summed E-state index contributed by atoms with van der Waals surface area (Å²) >= 11 is 2.97. The van der Waals surface area contributed by atoms with Crippen molar-refractivity contribution in [1.82, 2.24) is 0 Å². The van der Waals surface area contributed by atoms with Crippen molar-refractivity contribution in [2.75, 3.05) is 5.32 Å². The van der Waals surface area contributed by atoms with Gasteiger partial charge >= 0.3 is 6.09 Å². The van der Waals surface area contributed by atoms with Crippen LogP contribution in [0.3, 0.4) is 0 Å². The van der Waals surface area contributed by atoms with Crippen LogP contribution in [0, 0.1) is 5.82 Å². The molecule has 0 saturated heterocycles. The number of aromatic hydroxyl groups is 1. The molecule has 1 aromatic carbocycles. The number of rotatable bonds is 1. The van der Waals surface area contributed by atoms with Crippen molar-refractivity contribution in [3.05, 3.63) is 22.4 Å². The van der Waals surface area contributed by atoms with E-state index in [1.807, 2.05) is 0 Å². The molecular weight excluding hydrogens is 293 g/mol. The molecule has 0 atom stereocenters. The summed E-state index contributed by atoms with van der Waals surface area (Å²) in [5.74, 6) is -0.835. The Bertz CT molecular complexity index is 443. The van der Waals surface area contributed by atoms with E-state index in [1.54, 1.807) is 20.8 Å². The highest BCUT2D eigenvalue weighted by Crippen LogP contribution is 2.33. The number of halogens is 2. The van der Waals surface area contributed by atoms with E-state index >= 15 is 0 Å². The van der Waals surface area contributed by atoms with Gasteiger partial charge in [-0.15, -0.1) is 0 Å². The van der Waals surface area contributed by atoms with E-state index in [-0.39, 0.29) is 15.9 Å². The van der Waals surface area contributed by atoms with E-state index in [2.05, 4.69) is 21.2 Å². The van der Waals surface area contributed by atoms with Gasteiger partial charge in [0, 0.05) is 6.07 Å². The standard InChI is InChI=1S/C11H13BrFNO3/c1-11(2,3)17-10(16)14-8-5-6(13)4-7(12)9(8)15/h4-5,15H,1-3H3,(H,14,16). The fourth-order valence-electron chi connectivity index (χ4n) is 1.07. The highest BCUT2D eigenvalue weighted by molar-refractivity contribution is 9.10. The lowest BCUT2D eigenvalue weighted by atomic mass is 10.2. The normalized spacial score (nSPS) is 11.1. The number of amides is 1. The molecule has 0 unspecified atom stereocenters. The highest BCUT2D eigenvalue weighted by atomic mass is 79.9. The second-order valence-electron chi connectivity index (χ2n) is 4.41. The molecule has 1 amide bonds. The maximum Gasteiger partial charge on any atom is 0.412 e. The number of phenols is 1. The van der Waals surface area contributed by atoms with Crippen molar-refractivity contribution in [1.29, 1.82) is 0 Å². The molecule has 0 aromatic heterocycles. The van der Waals surface area contributed by atoms with Crippen LogP contribution >= 0.6 is 15.9 Å². The van der Waals surface area contributed by atoms with Crippen molar-refractivity contribution in [3.8, 4) is 5.75 Å². The van der Waals surface area contributed by atoms with Crippen molar-refractivity contribution in [2.45, 2.75) is 26.4 Å². The Kier molecular flexibility index (Phi) is 3.98. The maximum atomic E-state index is 13.1. The summed E-state index contributed by atoms with van der Waals surface area (Å²) in [6, 6.07) is 2.10. The predicted molar refractivity (Wildman–Crippen MR) is 65.6 cm³/mol. The smallest absolute Gasteiger partial charge is 0.412 e.